The summed E-state index contributed by atoms with van der Waals surface area (Å²) in [5.74, 6) is 0.766. The Kier molecular flexibility index (Phi) is 3.58. The van der Waals surface area contributed by atoms with Crippen molar-refractivity contribution in [1.82, 2.24) is 0 Å². The third-order valence-electron chi connectivity index (χ3n) is 2.03. The van der Waals surface area contributed by atoms with Crippen molar-refractivity contribution >= 4 is 11.6 Å². The topological polar surface area (TPSA) is 35.2 Å². The SMILES string of the molecule is CCC(N)c1ccc(Cl)cc1OC. The first-order valence-electron chi connectivity index (χ1n) is 4.28. The molecular formula is C10H14ClNO. The minimum atomic E-state index is 0.0206. The summed E-state index contributed by atoms with van der Waals surface area (Å²) in [7, 11) is 1.62. The molecule has 0 heterocycles. The normalized spacial score (nSPS) is 12.6. The van der Waals surface area contributed by atoms with Crippen LogP contribution in [0.1, 0.15) is 24.9 Å². The van der Waals surface area contributed by atoms with Crippen molar-refractivity contribution < 1.29 is 4.74 Å². The Balaban J connectivity index is 3.05. The van der Waals surface area contributed by atoms with E-state index in [1.165, 1.54) is 0 Å². The average Bonchev–Trinajstić information content (AvgIpc) is 2.16. The van der Waals surface area contributed by atoms with E-state index in [4.69, 9.17) is 22.1 Å². The minimum absolute atomic E-state index is 0.0206. The molecule has 1 atom stereocenters. The molecule has 0 aromatic heterocycles. The predicted molar refractivity (Wildman–Crippen MR) is 55.2 cm³/mol. The molecule has 1 aromatic rings. The van der Waals surface area contributed by atoms with Gasteiger partial charge in [-0.1, -0.05) is 24.6 Å². The maximum Gasteiger partial charge on any atom is 0.125 e. The van der Waals surface area contributed by atoms with Gasteiger partial charge < -0.3 is 10.5 Å². The van der Waals surface area contributed by atoms with Crippen LogP contribution in [-0.2, 0) is 0 Å². The minimum Gasteiger partial charge on any atom is -0.496 e. The first kappa shape index (κ1) is 10.4. The third-order valence-corrected chi connectivity index (χ3v) is 2.27. The molecule has 1 unspecified atom stereocenters. The van der Waals surface area contributed by atoms with Gasteiger partial charge in [-0.3, -0.25) is 0 Å². The number of benzene rings is 1. The van der Waals surface area contributed by atoms with Crippen LogP contribution in [0.5, 0.6) is 5.75 Å². The molecule has 2 N–H and O–H groups in total. The van der Waals surface area contributed by atoms with Crippen LogP contribution >= 0.6 is 11.6 Å². The Morgan fingerprint density at radius 2 is 2.23 bits per heavy atom. The van der Waals surface area contributed by atoms with Gasteiger partial charge in [0.2, 0.25) is 0 Å². The smallest absolute Gasteiger partial charge is 0.125 e. The average molecular weight is 200 g/mol. The van der Waals surface area contributed by atoms with E-state index in [1.54, 1.807) is 13.2 Å². The fourth-order valence-corrected chi connectivity index (χ4v) is 1.37. The van der Waals surface area contributed by atoms with Crippen molar-refractivity contribution in [2.45, 2.75) is 19.4 Å². The monoisotopic (exact) mass is 199 g/mol. The van der Waals surface area contributed by atoms with E-state index in [9.17, 15) is 0 Å². The van der Waals surface area contributed by atoms with Gasteiger partial charge in [0.05, 0.1) is 7.11 Å². The first-order valence-corrected chi connectivity index (χ1v) is 4.65. The summed E-state index contributed by atoms with van der Waals surface area (Å²) in [6, 6.07) is 5.55. The molecule has 0 aliphatic rings. The van der Waals surface area contributed by atoms with Gasteiger partial charge in [0, 0.05) is 16.6 Å². The molecule has 1 rings (SSSR count). The molecule has 0 radical (unpaired) electrons. The van der Waals surface area contributed by atoms with E-state index in [0.717, 1.165) is 17.7 Å². The summed E-state index contributed by atoms with van der Waals surface area (Å²) in [5, 5.41) is 0.670. The molecule has 0 amide bonds. The second-order valence-corrected chi connectivity index (χ2v) is 3.34. The van der Waals surface area contributed by atoms with E-state index in [0.29, 0.717) is 5.02 Å². The molecule has 0 saturated heterocycles. The molecule has 1 aromatic carbocycles. The summed E-state index contributed by atoms with van der Waals surface area (Å²) in [6.07, 6.45) is 0.887. The van der Waals surface area contributed by atoms with Crippen LogP contribution in [0.2, 0.25) is 5.02 Å². The number of ether oxygens (including phenoxy) is 1. The lowest BCUT2D eigenvalue weighted by Gasteiger charge is -2.13. The summed E-state index contributed by atoms with van der Waals surface area (Å²) in [5.41, 5.74) is 6.91. The van der Waals surface area contributed by atoms with Crippen molar-refractivity contribution in [3.05, 3.63) is 28.8 Å². The van der Waals surface area contributed by atoms with Crippen molar-refractivity contribution in [2.75, 3.05) is 7.11 Å². The standard InChI is InChI=1S/C10H14ClNO/c1-3-9(12)8-5-4-7(11)6-10(8)13-2/h4-6,9H,3,12H2,1-2H3. The van der Waals surface area contributed by atoms with Gasteiger partial charge in [0.25, 0.3) is 0 Å². The maximum absolute atomic E-state index is 5.90. The second-order valence-electron chi connectivity index (χ2n) is 2.90. The predicted octanol–water partition coefficient (Wildman–Crippen LogP) is 2.76. The third kappa shape index (κ3) is 2.36. The Bertz CT molecular complexity index is 288. The van der Waals surface area contributed by atoms with E-state index in [2.05, 4.69) is 0 Å². The van der Waals surface area contributed by atoms with Gasteiger partial charge in [0.15, 0.2) is 0 Å². The van der Waals surface area contributed by atoms with Gasteiger partial charge in [-0.05, 0) is 18.6 Å². The van der Waals surface area contributed by atoms with E-state index in [1.807, 2.05) is 19.1 Å². The fraction of sp³-hybridized carbons (Fsp3) is 0.400. The van der Waals surface area contributed by atoms with Gasteiger partial charge in [-0.15, -0.1) is 0 Å². The fourth-order valence-electron chi connectivity index (χ4n) is 1.21. The van der Waals surface area contributed by atoms with Crippen LogP contribution in [0.15, 0.2) is 18.2 Å². The van der Waals surface area contributed by atoms with Gasteiger partial charge >= 0.3 is 0 Å². The highest BCUT2D eigenvalue weighted by Crippen LogP contribution is 2.28. The Morgan fingerprint density at radius 3 is 2.77 bits per heavy atom. The number of hydrogen-bond donors (Lipinski definition) is 1. The summed E-state index contributed by atoms with van der Waals surface area (Å²) in [6.45, 7) is 2.04. The summed E-state index contributed by atoms with van der Waals surface area (Å²) >= 11 is 5.82. The molecule has 2 nitrogen and oxygen atoms in total. The number of halogens is 1. The van der Waals surface area contributed by atoms with Crippen molar-refractivity contribution in [3.63, 3.8) is 0 Å². The Hall–Kier alpha value is -0.730. The first-order chi connectivity index (χ1) is 6.19. The van der Waals surface area contributed by atoms with Crippen LogP contribution in [0.3, 0.4) is 0 Å². The second kappa shape index (κ2) is 4.49. The number of rotatable bonds is 3. The van der Waals surface area contributed by atoms with E-state index >= 15 is 0 Å². The highest BCUT2D eigenvalue weighted by molar-refractivity contribution is 6.30. The Labute approximate surface area is 83.6 Å². The van der Waals surface area contributed by atoms with Crippen LogP contribution in [0.4, 0.5) is 0 Å². The summed E-state index contributed by atoms with van der Waals surface area (Å²) < 4.78 is 5.18. The van der Waals surface area contributed by atoms with E-state index < -0.39 is 0 Å². The van der Waals surface area contributed by atoms with Crippen molar-refractivity contribution in [1.29, 1.82) is 0 Å². The lowest BCUT2D eigenvalue weighted by Crippen LogP contribution is -2.09. The largest absolute Gasteiger partial charge is 0.496 e. The van der Waals surface area contributed by atoms with Gasteiger partial charge in [-0.25, -0.2) is 0 Å². The zero-order chi connectivity index (χ0) is 9.84. The van der Waals surface area contributed by atoms with Crippen LogP contribution in [-0.4, -0.2) is 7.11 Å². The number of hydrogen-bond acceptors (Lipinski definition) is 2. The maximum atomic E-state index is 5.90. The molecule has 0 bridgehead atoms. The van der Waals surface area contributed by atoms with Gasteiger partial charge in [0.1, 0.15) is 5.75 Å². The molecule has 13 heavy (non-hydrogen) atoms. The molecular weight excluding hydrogens is 186 g/mol. The molecule has 0 aliphatic carbocycles. The molecule has 0 spiro atoms. The molecule has 0 aliphatic heterocycles. The molecule has 0 saturated carbocycles. The van der Waals surface area contributed by atoms with Crippen molar-refractivity contribution in [3.8, 4) is 5.75 Å². The molecule has 72 valence electrons. The van der Waals surface area contributed by atoms with Crippen LogP contribution in [0.25, 0.3) is 0 Å². The Morgan fingerprint density at radius 1 is 1.54 bits per heavy atom. The highest BCUT2D eigenvalue weighted by Gasteiger charge is 2.09. The van der Waals surface area contributed by atoms with Crippen molar-refractivity contribution in [2.24, 2.45) is 5.73 Å². The lowest BCUT2D eigenvalue weighted by atomic mass is 10.0. The van der Waals surface area contributed by atoms with Crippen LogP contribution < -0.4 is 10.5 Å². The zero-order valence-corrected chi connectivity index (χ0v) is 8.64. The van der Waals surface area contributed by atoms with E-state index in [-0.39, 0.29) is 6.04 Å². The zero-order valence-electron chi connectivity index (χ0n) is 7.88. The molecule has 0 fully saturated rings. The lowest BCUT2D eigenvalue weighted by molar-refractivity contribution is 0.405. The number of methoxy groups -OCH3 is 1. The summed E-state index contributed by atoms with van der Waals surface area (Å²) in [4.78, 5) is 0. The van der Waals surface area contributed by atoms with Gasteiger partial charge in [-0.2, -0.15) is 0 Å². The number of nitrogens with two attached hydrogens (primary N) is 1. The quantitative estimate of drug-likeness (QED) is 0.813. The van der Waals surface area contributed by atoms with Crippen LogP contribution in [0, 0.1) is 0 Å². The highest BCUT2D eigenvalue weighted by atomic mass is 35.5. The molecule has 3 heteroatoms.